The quantitative estimate of drug-likeness (QED) is 0.378. The van der Waals surface area contributed by atoms with Gasteiger partial charge in [-0.1, -0.05) is 12.1 Å². The summed E-state index contributed by atoms with van der Waals surface area (Å²) in [6, 6.07) is 13.0. The van der Waals surface area contributed by atoms with E-state index in [1.54, 1.807) is 24.5 Å². The second-order valence-corrected chi connectivity index (χ2v) is 6.40. The highest BCUT2D eigenvalue weighted by atomic mass is 16.5. The van der Waals surface area contributed by atoms with Crippen LogP contribution in [-0.4, -0.2) is 23.5 Å². The van der Waals surface area contributed by atoms with Crippen LogP contribution in [0.3, 0.4) is 0 Å². The van der Waals surface area contributed by atoms with Crippen molar-refractivity contribution in [3.8, 4) is 11.5 Å². The lowest BCUT2D eigenvalue weighted by Gasteiger charge is -2.12. The number of benzene rings is 2. The molecule has 144 valence electrons. The summed E-state index contributed by atoms with van der Waals surface area (Å²) in [5.41, 5.74) is 2.10. The van der Waals surface area contributed by atoms with Crippen molar-refractivity contribution < 1.29 is 19.1 Å². The van der Waals surface area contributed by atoms with Gasteiger partial charge in [-0.15, -0.1) is 0 Å². The molecule has 0 radical (unpaired) electrons. The molecular formula is C22H22N2O4. The van der Waals surface area contributed by atoms with Gasteiger partial charge in [0, 0.05) is 43.6 Å². The van der Waals surface area contributed by atoms with Crippen molar-refractivity contribution in [1.29, 1.82) is 0 Å². The van der Waals surface area contributed by atoms with Gasteiger partial charge < -0.3 is 14.8 Å². The third kappa shape index (κ3) is 5.07. The minimum atomic E-state index is -0.396. The van der Waals surface area contributed by atoms with E-state index in [1.807, 2.05) is 30.3 Å². The van der Waals surface area contributed by atoms with Crippen LogP contribution in [0.2, 0.25) is 0 Å². The number of carbonyl (C=O) groups excluding carboxylic acids is 2. The fourth-order valence-electron chi connectivity index (χ4n) is 2.98. The number of nitrogens with zero attached hydrogens (tertiary/aromatic N) is 1. The van der Waals surface area contributed by atoms with Crippen LogP contribution in [-0.2, 0) is 16.0 Å². The summed E-state index contributed by atoms with van der Waals surface area (Å²) in [6.07, 6.45) is 5.30. The highest BCUT2D eigenvalue weighted by molar-refractivity contribution is 5.96. The molecule has 6 nitrogen and oxygen atoms in total. The predicted octanol–water partition coefficient (Wildman–Crippen LogP) is 4.13. The minimum Gasteiger partial charge on any atom is -0.426 e. The summed E-state index contributed by atoms with van der Waals surface area (Å²) < 4.78 is 10.6. The maximum atomic E-state index is 11.4. The molecule has 3 rings (SSSR count). The first kappa shape index (κ1) is 19.4. The number of esters is 2. The Bertz CT molecular complexity index is 986. The van der Waals surface area contributed by atoms with Gasteiger partial charge in [-0.05, 0) is 48.7 Å². The first-order chi connectivity index (χ1) is 13.5. The molecule has 0 saturated carbocycles. The molecule has 0 bridgehead atoms. The van der Waals surface area contributed by atoms with Crippen molar-refractivity contribution in [3.05, 3.63) is 60.4 Å². The summed E-state index contributed by atoms with van der Waals surface area (Å²) in [6.45, 7) is 3.53. The lowest BCUT2D eigenvalue weighted by atomic mass is 10.0. The lowest BCUT2D eigenvalue weighted by Crippen LogP contribution is -2.05. The fraction of sp³-hybridized carbons (Fsp3) is 0.227. The number of nitrogens with one attached hydrogen (secondary N) is 1. The number of aromatic nitrogens is 1. The standard InChI is InChI=1S/C22H22N2O4/c1-15(25)27-21-9-10-22(28-16(2)26)20-13-17(7-8-19(20)21)5-3-12-24-18-6-4-11-23-14-18/h4,6-11,13-14,24H,3,5,12H2,1-2H3. The molecule has 28 heavy (non-hydrogen) atoms. The third-order valence-electron chi connectivity index (χ3n) is 4.14. The molecule has 6 heteroatoms. The largest absolute Gasteiger partial charge is 0.426 e. The van der Waals surface area contributed by atoms with Crippen LogP contribution >= 0.6 is 0 Å². The van der Waals surface area contributed by atoms with Crippen LogP contribution in [0.15, 0.2) is 54.9 Å². The van der Waals surface area contributed by atoms with Crippen molar-refractivity contribution in [2.24, 2.45) is 0 Å². The van der Waals surface area contributed by atoms with E-state index in [9.17, 15) is 9.59 Å². The van der Waals surface area contributed by atoms with E-state index in [1.165, 1.54) is 13.8 Å². The van der Waals surface area contributed by atoms with Crippen molar-refractivity contribution in [2.75, 3.05) is 11.9 Å². The highest BCUT2D eigenvalue weighted by Gasteiger charge is 2.12. The molecule has 0 atom stereocenters. The Morgan fingerprint density at radius 3 is 2.32 bits per heavy atom. The minimum absolute atomic E-state index is 0.396. The Hall–Kier alpha value is -3.41. The Balaban J connectivity index is 1.77. The van der Waals surface area contributed by atoms with Crippen LogP contribution in [0.1, 0.15) is 25.8 Å². The Labute approximate surface area is 163 Å². The third-order valence-corrected chi connectivity index (χ3v) is 4.14. The molecular weight excluding hydrogens is 356 g/mol. The average Bonchev–Trinajstić information content (AvgIpc) is 2.67. The number of aryl methyl sites for hydroxylation is 1. The molecule has 2 aromatic carbocycles. The monoisotopic (exact) mass is 378 g/mol. The second-order valence-electron chi connectivity index (χ2n) is 6.40. The van der Waals surface area contributed by atoms with Crippen molar-refractivity contribution in [2.45, 2.75) is 26.7 Å². The zero-order valence-electron chi connectivity index (χ0n) is 15.9. The van der Waals surface area contributed by atoms with Crippen LogP contribution in [0.5, 0.6) is 11.5 Å². The molecule has 3 aromatic rings. The molecule has 0 fully saturated rings. The number of carbonyl (C=O) groups is 2. The van der Waals surface area contributed by atoms with E-state index in [0.717, 1.165) is 41.4 Å². The Morgan fingerprint density at radius 1 is 0.964 bits per heavy atom. The van der Waals surface area contributed by atoms with Crippen molar-refractivity contribution >= 4 is 28.4 Å². The Morgan fingerprint density at radius 2 is 1.68 bits per heavy atom. The topological polar surface area (TPSA) is 77.5 Å². The predicted molar refractivity (Wildman–Crippen MR) is 108 cm³/mol. The van der Waals surface area contributed by atoms with E-state index in [0.29, 0.717) is 11.5 Å². The van der Waals surface area contributed by atoms with Crippen LogP contribution in [0.25, 0.3) is 10.8 Å². The van der Waals surface area contributed by atoms with Gasteiger partial charge in [0.1, 0.15) is 11.5 Å². The SMILES string of the molecule is CC(=O)Oc1ccc(OC(C)=O)c2cc(CCCNc3cccnc3)ccc12. The number of hydrogen-bond donors (Lipinski definition) is 1. The molecule has 0 aliphatic rings. The van der Waals surface area contributed by atoms with Crippen LogP contribution in [0, 0.1) is 0 Å². The number of rotatable bonds is 7. The number of anilines is 1. The molecule has 1 N–H and O–H groups in total. The number of pyridine rings is 1. The summed E-state index contributed by atoms with van der Waals surface area (Å²) in [7, 11) is 0. The normalized spacial score (nSPS) is 10.5. The average molecular weight is 378 g/mol. The van der Waals surface area contributed by atoms with E-state index in [-0.39, 0.29) is 0 Å². The molecule has 1 heterocycles. The number of fused-ring (bicyclic) bond motifs is 1. The highest BCUT2D eigenvalue weighted by Crippen LogP contribution is 2.34. The maximum Gasteiger partial charge on any atom is 0.308 e. The van der Waals surface area contributed by atoms with Gasteiger partial charge in [-0.3, -0.25) is 14.6 Å². The maximum absolute atomic E-state index is 11.4. The lowest BCUT2D eigenvalue weighted by molar-refractivity contribution is -0.132. The van der Waals surface area contributed by atoms with E-state index < -0.39 is 11.9 Å². The second kappa shape index (κ2) is 8.99. The van der Waals surface area contributed by atoms with Crippen LogP contribution in [0.4, 0.5) is 5.69 Å². The zero-order chi connectivity index (χ0) is 19.9. The van der Waals surface area contributed by atoms with E-state index >= 15 is 0 Å². The molecule has 0 unspecified atom stereocenters. The van der Waals surface area contributed by atoms with Gasteiger partial charge in [0.25, 0.3) is 0 Å². The van der Waals surface area contributed by atoms with Gasteiger partial charge in [-0.2, -0.15) is 0 Å². The van der Waals surface area contributed by atoms with Crippen LogP contribution < -0.4 is 14.8 Å². The van der Waals surface area contributed by atoms with E-state index in [2.05, 4.69) is 10.3 Å². The molecule has 0 aliphatic heterocycles. The first-order valence-corrected chi connectivity index (χ1v) is 9.09. The smallest absolute Gasteiger partial charge is 0.308 e. The molecule has 0 amide bonds. The van der Waals surface area contributed by atoms with Gasteiger partial charge in [-0.25, -0.2) is 0 Å². The molecule has 1 aromatic heterocycles. The summed E-state index contributed by atoms with van der Waals surface area (Å²) in [4.78, 5) is 26.9. The molecule has 0 spiro atoms. The van der Waals surface area contributed by atoms with Crippen molar-refractivity contribution in [3.63, 3.8) is 0 Å². The summed E-state index contributed by atoms with van der Waals surface area (Å²) in [5, 5.41) is 4.80. The molecule has 0 saturated heterocycles. The number of hydrogen-bond acceptors (Lipinski definition) is 6. The molecule has 0 aliphatic carbocycles. The zero-order valence-corrected chi connectivity index (χ0v) is 15.9. The van der Waals surface area contributed by atoms with E-state index in [4.69, 9.17) is 9.47 Å². The Kier molecular flexibility index (Phi) is 6.22. The van der Waals surface area contributed by atoms with Crippen molar-refractivity contribution in [1.82, 2.24) is 4.98 Å². The first-order valence-electron chi connectivity index (χ1n) is 9.09. The van der Waals surface area contributed by atoms with Gasteiger partial charge in [0.2, 0.25) is 0 Å². The van der Waals surface area contributed by atoms with Gasteiger partial charge in [0.05, 0.1) is 5.69 Å². The fourth-order valence-corrected chi connectivity index (χ4v) is 2.98. The summed E-state index contributed by atoms with van der Waals surface area (Å²) >= 11 is 0. The number of ether oxygens (including phenoxy) is 2. The van der Waals surface area contributed by atoms with Gasteiger partial charge >= 0.3 is 11.9 Å². The summed E-state index contributed by atoms with van der Waals surface area (Å²) in [5.74, 6) is 0.108. The van der Waals surface area contributed by atoms with Gasteiger partial charge in [0.15, 0.2) is 0 Å².